The van der Waals surface area contributed by atoms with Gasteiger partial charge in [0.25, 0.3) is 0 Å². The number of ether oxygens (including phenoxy) is 2. The molecule has 0 amide bonds. The third kappa shape index (κ3) is 9.31. The van der Waals surface area contributed by atoms with Crippen molar-refractivity contribution in [2.45, 2.75) is 104 Å². The van der Waals surface area contributed by atoms with Gasteiger partial charge >= 0.3 is 0 Å². The molecule has 0 radical (unpaired) electrons. The minimum atomic E-state index is 0.721. The van der Waals surface area contributed by atoms with Crippen molar-refractivity contribution in [3.8, 4) is 11.1 Å². The zero-order chi connectivity index (χ0) is 40.4. The zero-order valence-corrected chi connectivity index (χ0v) is 36.4. The fourth-order valence-electron chi connectivity index (χ4n) is 11.5. The highest BCUT2D eigenvalue weighted by molar-refractivity contribution is 6.07. The van der Waals surface area contributed by atoms with Crippen molar-refractivity contribution in [3.05, 3.63) is 154 Å². The van der Waals surface area contributed by atoms with Crippen LogP contribution in [0.5, 0.6) is 0 Å². The molecule has 2 heterocycles. The van der Waals surface area contributed by atoms with Crippen LogP contribution in [-0.4, -0.2) is 26.4 Å². The molecule has 2 heteroatoms. The first-order valence-electron chi connectivity index (χ1n) is 23.8. The first kappa shape index (κ1) is 39.9. The van der Waals surface area contributed by atoms with Gasteiger partial charge in [0.15, 0.2) is 0 Å². The Kier molecular flexibility index (Phi) is 12.0. The molecule has 0 N–H and O–H groups in total. The van der Waals surface area contributed by atoms with Gasteiger partial charge in [-0.25, -0.2) is 0 Å². The molecule has 4 aliphatic rings. The Balaban J connectivity index is 0.846. The maximum absolute atomic E-state index is 5.41. The lowest BCUT2D eigenvalue weighted by atomic mass is 9.75. The monoisotopic (exact) mass is 795 g/mol. The van der Waals surface area contributed by atoms with Gasteiger partial charge in [0.1, 0.15) is 0 Å². The van der Waals surface area contributed by atoms with Crippen molar-refractivity contribution >= 4 is 21.5 Å². The first-order chi connectivity index (χ1) is 29.4. The summed E-state index contributed by atoms with van der Waals surface area (Å²) in [6.07, 6.45) is 17.9. The van der Waals surface area contributed by atoms with Gasteiger partial charge in [-0.2, -0.15) is 0 Å². The number of benzene rings is 6. The smallest absolute Gasteiger partial charge is 0.0519 e. The lowest BCUT2D eigenvalue weighted by molar-refractivity contribution is -0.0312. The summed E-state index contributed by atoms with van der Waals surface area (Å²) in [5, 5.41) is 5.61. The molecule has 0 aromatic heterocycles. The Morgan fingerprint density at radius 2 is 0.783 bits per heavy atom. The van der Waals surface area contributed by atoms with Gasteiger partial charge < -0.3 is 9.47 Å². The number of rotatable bonds is 13. The van der Waals surface area contributed by atoms with Crippen LogP contribution in [-0.2, 0) is 48.0 Å². The quantitative estimate of drug-likeness (QED) is 0.116. The molecule has 6 aromatic carbocycles. The van der Waals surface area contributed by atoms with Crippen molar-refractivity contribution in [1.82, 2.24) is 0 Å². The van der Waals surface area contributed by atoms with Gasteiger partial charge in [0.05, 0.1) is 26.4 Å². The van der Waals surface area contributed by atoms with Gasteiger partial charge in [0, 0.05) is 11.8 Å². The van der Waals surface area contributed by atoms with Crippen molar-refractivity contribution in [2.75, 3.05) is 26.4 Å². The third-order valence-electron chi connectivity index (χ3n) is 15.2. The number of aryl methyl sites for hydroxylation is 2. The average Bonchev–Trinajstić information content (AvgIpc) is 3.23. The van der Waals surface area contributed by atoms with Crippen LogP contribution < -0.4 is 0 Å². The summed E-state index contributed by atoms with van der Waals surface area (Å²) in [7, 11) is 0. The van der Waals surface area contributed by atoms with E-state index in [4.69, 9.17) is 9.47 Å². The van der Waals surface area contributed by atoms with Crippen LogP contribution in [0.15, 0.2) is 109 Å². The minimum absolute atomic E-state index is 0.721. The third-order valence-corrected chi connectivity index (χ3v) is 15.2. The van der Waals surface area contributed by atoms with Gasteiger partial charge in [-0.3, -0.25) is 0 Å². The van der Waals surface area contributed by atoms with E-state index < -0.39 is 0 Å². The van der Waals surface area contributed by atoms with Crippen molar-refractivity contribution in [2.24, 2.45) is 35.5 Å². The highest BCUT2D eigenvalue weighted by atomic mass is 16.5. The van der Waals surface area contributed by atoms with E-state index in [1.807, 2.05) is 0 Å². The molecule has 0 spiro atoms. The highest BCUT2D eigenvalue weighted by Gasteiger charge is 2.26. The van der Waals surface area contributed by atoms with E-state index in [2.05, 4.69) is 123 Å². The first-order valence-corrected chi connectivity index (χ1v) is 23.8. The Bertz CT molecular complexity index is 2380. The molecule has 10 rings (SSSR count). The molecular formula is C58H66O2. The molecule has 310 valence electrons. The maximum atomic E-state index is 5.41. The van der Waals surface area contributed by atoms with Crippen LogP contribution in [0.25, 0.3) is 32.7 Å². The molecular weight excluding hydrogens is 729 g/mol. The molecule has 2 nitrogen and oxygen atoms in total. The fraction of sp³-hybridized carbons (Fsp3) is 0.448. The molecule has 2 aliphatic heterocycles. The molecule has 0 atom stereocenters. The van der Waals surface area contributed by atoms with Crippen LogP contribution in [0.1, 0.15) is 95.9 Å². The summed E-state index contributed by atoms with van der Waals surface area (Å²) in [5.74, 6) is 4.55. The van der Waals surface area contributed by atoms with Crippen LogP contribution in [0.2, 0.25) is 0 Å². The zero-order valence-electron chi connectivity index (χ0n) is 36.4. The number of fused-ring (bicyclic) bond motifs is 2. The summed E-state index contributed by atoms with van der Waals surface area (Å²) >= 11 is 0. The summed E-state index contributed by atoms with van der Waals surface area (Å²) in [5.41, 5.74) is 14.7. The Labute approximate surface area is 360 Å². The Morgan fingerprint density at radius 3 is 1.25 bits per heavy atom. The van der Waals surface area contributed by atoms with Crippen LogP contribution in [0, 0.1) is 49.4 Å². The van der Waals surface area contributed by atoms with E-state index in [-0.39, 0.29) is 0 Å². The van der Waals surface area contributed by atoms with Crippen LogP contribution >= 0.6 is 0 Å². The Hall–Kier alpha value is -4.24. The van der Waals surface area contributed by atoms with Crippen LogP contribution in [0.3, 0.4) is 0 Å². The van der Waals surface area contributed by atoms with E-state index in [1.54, 1.807) is 5.56 Å². The molecule has 2 saturated carbocycles. The van der Waals surface area contributed by atoms with E-state index in [0.717, 1.165) is 74.8 Å². The normalized spacial score (nSPS) is 22.5. The maximum Gasteiger partial charge on any atom is 0.0519 e. The second-order valence-corrected chi connectivity index (χ2v) is 20.1. The predicted octanol–water partition coefficient (Wildman–Crippen LogP) is 13.8. The average molecular weight is 795 g/mol. The lowest BCUT2D eigenvalue weighted by Crippen LogP contribution is -2.29. The largest absolute Gasteiger partial charge is 0.381 e. The van der Waals surface area contributed by atoms with Crippen molar-refractivity contribution in [3.63, 3.8) is 0 Å². The van der Waals surface area contributed by atoms with E-state index >= 15 is 0 Å². The molecule has 2 aliphatic carbocycles. The lowest BCUT2D eigenvalue weighted by Gasteiger charge is -2.30. The summed E-state index contributed by atoms with van der Waals surface area (Å²) < 4.78 is 10.8. The van der Waals surface area contributed by atoms with E-state index in [1.165, 1.54) is 149 Å². The number of hydrogen-bond acceptors (Lipinski definition) is 2. The van der Waals surface area contributed by atoms with Gasteiger partial charge in [-0.1, -0.05) is 120 Å². The standard InChI is InChI=1S/C58H66O2/c1-39-4-24-56-52(25-39)21-22-53(32-48-19-17-44(18-20-48)28-43-9-15-47(16-10-43)31-51-37-60-38-51)58(56)57-34-49(33-54-26-40(2)3-23-55(54)57)29-45-11-5-41(6-12-45)27-42-7-13-46(14-8-42)30-50-35-59-36-50/h3-4,7-10,13-16,21-26,33-34,41,44-45,48,50-51H,5-6,11-12,17-20,27-32,35-38H2,1-2H3. The molecule has 4 fully saturated rings. The van der Waals surface area contributed by atoms with Crippen LogP contribution in [0.4, 0.5) is 0 Å². The molecule has 0 unspecified atom stereocenters. The Morgan fingerprint density at radius 1 is 0.367 bits per heavy atom. The second-order valence-electron chi connectivity index (χ2n) is 20.1. The molecule has 2 saturated heterocycles. The second kappa shape index (κ2) is 18.0. The predicted molar refractivity (Wildman–Crippen MR) is 251 cm³/mol. The van der Waals surface area contributed by atoms with Gasteiger partial charge in [-0.05, 0) is 193 Å². The molecule has 0 bridgehead atoms. The molecule has 60 heavy (non-hydrogen) atoms. The summed E-state index contributed by atoms with van der Waals surface area (Å²) in [4.78, 5) is 0. The van der Waals surface area contributed by atoms with Gasteiger partial charge in [-0.15, -0.1) is 0 Å². The SMILES string of the molecule is Cc1ccc2c(-c3c(CC4CCC(Cc5ccc(CC6COC6)cc5)CC4)ccc4cc(C)ccc34)cc(CC3CCC(Cc4ccc(CC5COC5)cc4)CC3)cc2c1. The number of hydrogen-bond donors (Lipinski definition) is 0. The van der Waals surface area contributed by atoms with Crippen molar-refractivity contribution in [1.29, 1.82) is 0 Å². The highest BCUT2D eigenvalue weighted by Crippen LogP contribution is 2.42. The molecule has 6 aromatic rings. The van der Waals surface area contributed by atoms with E-state index in [0.29, 0.717) is 0 Å². The summed E-state index contributed by atoms with van der Waals surface area (Å²) in [6.45, 7) is 8.23. The van der Waals surface area contributed by atoms with Gasteiger partial charge in [0.2, 0.25) is 0 Å². The van der Waals surface area contributed by atoms with E-state index in [9.17, 15) is 0 Å². The van der Waals surface area contributed by atoms with Crippen molar-refractivity contribution < 1.29 is 9.47 Å². The summed E-state index contributed by atoms with van der Waals surface area (Å²) in [6, 6.07) is 43.6. The minimum Gasteiger partial charge on any atom is -0.381 e. The fourth-order valence-corrected chi connectivity index (χ4v) is 11.5. The topological polar surface area (TPSA) is 18.5 Å².